The van der Waals surface area contributed by atoms with Crippen molar-refractivity contribution in [1.29, 1.82) is 0 Å². The van der Waals surface area contributed by atoms with E-state index in [1.54, 1.807) is 6.20 Å². The predicted molar refractivity (Wildman–Crippen MR) is 69.9 cm³/mol. The number of H-pyrrole nitrogens is 1. The van der Waals surface area contributed by atoms with Gasteiger partial charge in [-0.2, -0.15) is 0 Å². The second-order valence-electron chi connectivity index (χ2n) is 4.13. The topological polar surface area (TPSA) is 40.7 Å². The van der Waals surface area contributed by atoms with Crippen molar-refractivity contribution in [2.75, 3.05) is 7.05 Å². The summed E-state index contributed by atoms with van der Waals surface area (Å²) in [4.78, 5) is 7.45. The molecule has 17 heavy (non-hydrogen) atoms. The highest BCUT2D eigenvalue weighted by molar-refractivity contribution is 5.30. The van der Waals surface area contributed by atoms with Gasteiger partial charge < -0.3 is 10.3 Å². The quantitative estimate of drug-likeness (QED) is 0.827. The van der Waals surface area contributed by atoms with Crippen LogP contribution in [-0.2, 0) is 12.8 Å². The first kappa shape index (κ1) is 11.9. The third-order valence-corrected chi connectivity index (χ3v) is 3.11. The number of aryl methyl sites for hydroxylation is 1. The molecule has 0 fully saturated rings. The van der Waals surface area contributed by atoms with Crippen LogP contribution in [0.3, 0.4) is 0 Å². The number of aromatic amines is 1. The Bertz CT molecular complexity index is 448. The number of hydrogen-bond donors (Lipinski definition) is 2. The highest BCUT2D eigenvalue weighted by Gasteiger charge is 2.13. The summed E-state index contributed by atoms with van der Waals surface area (Å²) >= 11 is 0. The smallest absolute Gasteiger partial charge is 0.107 e. The fraction of sp³-hybridized carbons (Fsp3) is 0.357. The van der Waals surface area contributed by atoms with Crippen LogP contribution in [0.4, 0.5) is 0 Å². The SMILES string of the molecule is CCc1ccccc1C(Cc1ncc[nH]1)NC. The van der Waals surface area contributed by atoms with Gasteiger partial charge in [0.05, 0.1) is 0 Å². The van der Waals surface area contributed by atoms with Gasteiger partial charge in [0.2, 0.25) is 0 Å². The lowest BCUT2D eigenvalue weighted by atomic mass is 9.96. The fourth-order valence-electron chi connectivity index (χ4n) is 2.17. The minimum atomic E-state index is 0.317. The molecule has 3 heteroatoms. The zero-order valence-corrected chi connectivity index (χ0v) is 10.4. The molecule has 0 amide bonds. The van der Waals surface area contributed by atoms with Crippen LogP contribution in [0, 0.1) is 0 Å². The third kappa shape index (κ3) is 2.74. The maximum atomic E-state index is 4.29. The third-order valence-electron chi connectivity index (χ3n) is 3.11. The molecular weight excluding hydrogens is 210 g/mol. The number of rotatable bonds is 5. The Labute approximate surface area is 102 Å². The Morgan fingerprint density at radius 3 is 2.82 bits per heavy atom. The molecule has 0 bridgehead atoms. The van der Waals surface area contributed by atoms with Crippen LogP contribution in [0.1, 0.15) is 29.9 Å². The van der Waals surface area contributed by atoms with E-state index >= 15 is 0 Å². The van der Waals surface area contributed by atoms with Crippen molar-refractivity contribution in [2.45, 2.75) is 25.8 Å². The molecule has 3 nitrogen and oxygen atoms in total. The second kappa shape index (κ2) is 5.64. The van der Waals surface area contributed by atoms with Crippen molar-refractivity contribution in [3.8, 4) is 0 Å². The van der Waals surface area contributed by atoms with Gasteiger partial charge in [-0.05, 0) is 24.6 Å². The van der Waals surface area contributed by atoms with Crippen molar-refractivity contribution < 1.29 is 0 Å². The molecule has 90 valence electrons. The Morgan fingerprint density at radius 1 is 1.35 bits per heavy atom. The lowest BCUT2D eigenvalue weighted by Gasteiger charge is -2.18. The van der Waals surface area contributed by atoms with Crippen LogP contribution in [0.5, 0.6) is 0 Å². The first-order chi connectivity index (χ1) is 8.35. The van der Waals surface area contributed by atoms with E-state index in [9.17, 15) is 0 Å². The predicted octanol–water partition coefficient (Wildman–Crippen LogP) is 2.48. The molecule has 1 atom stereocenters. The van der Waals surface area contributed by atoms with Crippen LogP contribution in [0.15, 0.2) is 36.7 Å². The first-order valence-electron chi connectivity index (χ1n) is 6.08. The number of benzene rings is 1. The van der Waals surface area contributed by atoms with Crippen LogP contribution in [0.2, 0.25) is 0 Å². The van der Waals surface area contributed by atoms with E-state index in [1.807, 2.05) is 13.2 Å². The van der Waals surface area contributed by atoms with E-state index in [4.69, 9.17) is 0 Å². The lowest BCUT2D eigenvalue weighted by molar-refractivity contribution is 0.573. The number of hydrogen-bond acceptors (Lipinski definition) is 2. The molecule has 2 rings (SSSR count). The van der Waals surface area contributed by atoms with Crippen LogP contribution >= 0.6 is 0 Å². The molecule has 0 aliphatic carbocycles. The highest BCUT2D eigenvalue weighted by Crippen LogP contribution is 2.21. The van der Waals surface area contributed by atoms with Crippen molar-refractivity contribution in [3.05, 3.63) is 53.6 Å². The minimum absolute atomic E-state index is 0.317. The molecule has 0 radical (unpaired) electrons. The molecule has 2 N–H and O–H groups in total. The summed E-state index contributed by atoms with van der Waals surface area (Å²) in [5.41, 5.74) is 2.77. The molecule has 1 unspecified atom stereocenters. The summed E-state index contributed by atoms with van der Waals surface area (Å²) in [6, 6.07) is 8.91. The van der Waals surface area contributed by atoms with Crippen LogP contribution < -0.4 is 5.32 Å². The molecular formula is C14H19N3. The van der Waals surface area contributed by atoms with E-state index in [2.05, 4.69) is 46.5 Å². The molecule has 1 aromatic carbocycles. The highest BCUT2D eigenvalue weighted by atomic mass is 14.9. The summed E-state index contributed by atoms with van der Waals surface area (Å²) in [6.45, 7) is 2.19. The van der Waals surface area contributed by atoms with Gasteiger partial charge in [0, 0.05) is 24.9 Å². The average Bonchev–Trinajstić information content (AvgIpc) is 2.89. The van der Waals surface area contributed by atoms with E-state index in [-0.39, 0.29) is 0 Å². The van der Waals surface area contributed by atoms with Gasteiger partial charge in [-0.15, -0.1) is 0 Å². The van der Waals surface area contributed by atoms with Crippen molar-refractivity contribution in [3.63, 3.8) is 0 Å². The summed E-state index contributed by atoms with van der Waals surface area (Å²) < 4.78 is 0. The summed E-state index contributed by atoms with van der Waals surface area (Å²) in [5.74, 6) is 1.02. The van der Waals surface area contributed by atoms with Gasteiger partial charge in [-0.3, -0.25) is 0 Å². The molecule has 0 aliphatic rings. The van der Waals surface area contributed by atoms with Crippen molar-refractivity contribution in [1.82, 2.24) is 15.3 Å². The van der Waals surface area contributed by atoms with E-state index in [0.29, 0.717) is 6.04 Å². The summed E-state index contributed by atoms with van der Waals surface area (Å²) in [6.07, 6.45) is 5.62. The van der Waals surface area contributed by atoms with Gasteiger partial charge in [-0.25, -0.2) is 4.98 Å². The number of nitrogens with one attached hydrogen (secondary N) is 2. The van der Waals surface area contributed by atoms with Gasteiger partial charge in [0.1, 0.15) is 5.82 Å². The Hall–Kier alpha value is -1.61. The molecule has 2 aromatic rings. The normalized spacial score (nSPS) is 12.6. The zero-order chi connectivity index (χ0) is 12.1. The number of likely N-dealkylation sites (N-methyl/N-ethyl adjacent to an activating group) is 1. The maximum Gasteiger partial charge on any atom is 0.107 e. The van der Waals surface area contributed by atoms with Gasteiger partial charge >= 0.3 is 0 Å². The number of nitrogens with zero attached hydrogens (tertiary/aromatic N) is 1. The molecule has 0 saturated carbocycles. The second-order valence-corrected chi connectivity index (χ2v) is 4.13. The van der Waals surface area contributed by atoms with E-state index in [1.165, 1.54) is 11.1 Å². The molecule has 1 heterocycles. The monoisotopic (exact) mass is 229 g/mol. The number of aromatic nitrogens is 2. The van der Waals surface area contributed by atoms with Crippen LogP contribution in [-0.4, -0.2) is 17.0 Å². The first-order valence-corrected chi connectivity index (χ1v) is 6.08. The van der Waals surface area contributed by atoms with Crippen molar-refractivity contribution in [2.24, 2.45) is 0 Å². The van der Waals surface area contributed by atoms with E-state index in [0.717, 1.165) is 18.7 Å². The van der Waals surface area contributed by atoms with Crippen LogP contribution in [0.25, 0.3) is 0 Å². The lowest BCUT2D eigenvalue weighted by Crippen LogP contribution is -2.20. The Kier molecular flexibility index (Phi) is 3.94. The zero-order valence-electron chi connectivity index (χ0n) is 10.4. The maximum absolute atomic E-state index is 4.29. The average molecular weight is 229 g/mol. The summed E-state index contributed by atoms with van der Waals surface area (Å²) in [7, 11) is 2.00. The molecule has 0 spiro atoms. The molecule has 0 saturated heterocycles. The largest absolute Gasteiger partial charge is 0.349 e. The van der Waals surface area contributed by atoms with Gasteiger partial charge in [-0.1, -0.05) is 31.2 Å². The van der Waals surface area contributed by atoms with Gasteiger partial charge in [0.15, 0.2) is 0 Å². The fourth-order valence-corrected chi connectivity index (χ4v) is 2.17. The summed E-state index contributed by atoms with van der Waals surface area (Å²) in [5, 5.41) is 3.37. The molecule has 1 aromatic heterocycles. The molecule has 0 aliphatic heterocycles. The van der Waals surface area contributed by atoms with Crippen molar-refractivity contribution >= 4 is 0 Å². The number of imidazole rings is 1. The van der Waals surface area contributed by atoms with E-state index < -0.39 is 0 Å². The van der Waals surface area contributed by atoms with Gasteiger partial charge in [0.25, 0.3) is 0 Å². The minimum Gasteiger partial charge on any atom is -0.349 e. The Balaban J connectivity index is 2.22. The Morgan fingerprint density at radius 2 is 2.18 bits per heavy atom. The standard InChI is InChI=1S/C14H19N3/c1-3-11-6-4-5-7-12(11)13(15-2)10-14-16-8-9-17-14/h4-9,13,15H,3,10H2,1-2H3,(H,16,17).